The molecule has 6 heteroatoms. The van der Waals surface area contributed by atoms with Crippen molar-refractivity contribution >= 4 is 11.9 Å². The van der Waals surface area contributed by atoms with E-state index in [1.165, 1.54) is 0 Å². The number of nitrogens with zero attached hydrogens (tertiary/aromatic N) is 1. The second-order valence-electron chi connectivity index (χ2n) is 5.35. The van der Waals surface area contributed by atoms with E-state index in [4.69, 9.17) is 4.74 Å². The van der Waals surface area contributed by atoms with Crippen LogP contribution in [0.2, 0.25) is 0 Å². The Balaban J connectivity index is 2.01. The zero-order chi connectivity index (χ0) is 17.0. The van der Waals surface area contributed by atoms with E-state index in [9.17, 15) is 14.7 Å². The number of carbonyl (C=O) groups excluding carboxylic acids is 1. The Bertz CT molecular complexity index is 717. The summed E-state index contributed by atoms with van der Waals surface area (Å²) in [7, 11) is 3.34. The summed E-state index contributed by atoms with van der Waals surface area (Å²) in [6.07, 6.45) is 1.75. The monoisotopic (exact) mass is 316 g/mol. The molecule has 0 atom stereocenters. The fraction of sp³-hybridized carbons (Fsp3) is 0.294. The molecule has 0 fully saturated rings. The standard InChI is InChI=1S/C17H20N2O4/c1-11-10-19(2)14(16(11)17(21)22)8-15(20)18-9-12-4-6-13(23-3)7-5-12/h4-7,10H,8-9H2,1-3H3,(H,18,20)(H,21,22). The van der Waals surface area contributed by atoms with Gasteiger partial charge in [0.15, 0.2) is 0 Å². The number of aromatic carboxylic acids is 1. The fourth-order valence-corrected chi connectivity index (χ4v) is 2.50. The van der Waals surface area contributed by atoms with Gasteiger partial charge in [0.05, 0.1) is 19.1 Å². The van der Waals surface area contributed by atoms with Gasteiger partial charge >= 0.3 is 5.97 Å². The summed E-state index contributed by atoms with van der Waals surface area (Å²) < 4.78 is 6.77. The Morgan fingerprint density at radius 2 is 1.91 bits per heavy atom. The lowest BCUT2D eigenvalue weighted by Crippen LogP contribution is -2.26. The van der Waals surface area contributed by atoms with Crippen LogP contribution < -0.4 is 10.1 Å². The number of nitrogens with one attached hydrogen (secondary N) is 1. The Hall–Kier alpha value is -2.76. The molecule has 2 N–H and O–H groups in total. The number of benzene rings is 1. The Kier molecular flexibility index (Phi) is 5.05. The maximum Gasteiger partial charge on any atom is 0.337 e. The summed E-state index contributed by atoms with van der Waals surface area (Å²) in [5.41, 5.74) is 2.30. The molecule has 2 aromatic rings. The lowest BCUT2D eigenvalue weighted by atomic mass is 10.1. The number of hydrogen-bond donors (Lipinski definition) is 2. The summed E-state index contributed by atoms with van der Waals surface area (Å²) in [6, 6.07) is 7.39. The predicted molar refractivity (Wildman–Crippen MR) is 85.7 cm³/mol. The van der Waals surface area contributed by atoms with Crippen molar-refractivity contribution in [3.63, 3.8) is 0 Å². The van der Waals surface area contributed by atoms with Gasteiger partial charge in [-0.25, -0.2) is 4.79 Å². The normalized spacial score (nSPS) is 10.4. The molecule has 1 amide bonds. The smallest absolute Gasteiger partial charge is 0.337 e. The maximum absolute atomic E-state index is 12.1. The van der Waals surface area contributed by atoms with Crippen LogP contribution in [0.4, 0.5) is 0 Å². The number of aryl methyl sites for hydroxylation is 2. The third-order valence-corrected chi connectivity index (χ3v) is 3.69. The summed E-state index contributed by atoms with van der Waals surface area (Å²) in [5.74, 6) is -0.476. The largest absolute Gasteiger partial charge is 0.497 e. The van der Waals surface area contributed by atoms with Crippen molar-refractivity contribution in [2.24, 2.45) is 7.05 Å². The van der Waals surface area contributed by atoms with Crippen molar-refractivity contribution in [2.45, 2.75) is 19.9 Å². The van der Waals surface area contributed by atoms with E-state index in [2.05, 4.69) is 5.32 Å². The number of ether oxygens (including phenoxy) is 1. The SMILES string of the molecule is COc1ccc(CNC(=O)Cc2c(C(=O)O)c(C)cn2C)cc1. The van der Waals surface area contributed by atoms with Crippen LogP contribution in [-0.2, 0) is 24.8 Å². The molecule has 1 heterocycles. The van der Waals surface area contributed by atoms with Crippen molar-refractivity contribution in [3.8, 4) is 5.75 Å². The molecule has 0 saturated carbocycles. The summed E-state index contributed by atoms with van der Waals surface area (Å²) in [5, 5.41) is 12.1. The first-order valence-corrected chi connectivity index (χ1v) is 7.20. The number of carboxylic acids is 1. The number of carboxylic acid groups (broad SMARTS) is 1. The molecule has 0 unspecified atom stereocenters. The van der Waals surface area contributed by atoms with Crippen molar-refractivity contribution in [1.29, 1.82) is 0 Å². The molecule has 122 valence electrons. The topological polar surface area (TPSA) is 80.6 Å². The highest BCUT2D eigenvalue weighted by Gasteiger charge is 2.19. The number of rotatable bonds is 6. The maximum atomic E-state index is 12.1. The summed E-state index contributed by atoms with van der Waals surface area (Å²) in [6.45, 7) is 2.11. The van der Waals surface area contributed by atoms with E-state index < -0.39 is 5.97 Å². The third-order valence-electron chi connectivity index (χ3n) is 3.69. The first kappa shape index (κ1) is 16.6. The highest BCUT2D eigenvalue weighted by molar-refractivity contribution is 5.93. The first-order valence-electron chi connectivity index (χ1n) is 7.20. The molecular weight excluding hydrogens is 296 g/mol. The average molecular weight is 316 g/mol. The second-order valence-corrected chi connectivity index (χ2v) is 5.35. The second kappa shape index (κ2) is 7.00. The molecular formula is C17H20N2O4. The minimum absolute atomic E-state index is 0.0299. The molecule has 1 aromatic heterocycles. The Morgan fingerprint density at radius 3 is 2.48 bits per heavy atom. The van der Waals surface area contributed by atoms with Gasteiger partial charge in [-0.2, -0.15) is 0 Å². The van der Waals surface area contributed by atoms with Crippen LogP contribution >= 0.6 is 0 Å². The van der Waals surface area contributed by atoms with Gasteiger partial charge in [0.1, 0.15) is 5.75 Å². The molecule has 0 aliphatic carbocycles. The Labute approximate surface area is 134 Å². The van der Waals surface area contributed by atoms with Gasteiger partial charge in [-0.1, -0.05) is 12.1 Å². The molecule has 0 spiro atoms. The first-order chi connectivity index (χ1) is 10.9. The number of carbonyl (C=O) groups is 2. The number of methoxy groups -OCH3 is 1. The van der Waals surface area contributed by atoms with E-state index in [0.717, 1.165) is 11.3 Å². The average Bonchev–Trinajstić information content (AvgIpc) is 2.79. The molecule has 2 rings (SSSR count). The molecule has 23 heavy (non-hydrogen) atoms. The van der Waals surface area contributed by atoms with E-state index in [1.54, 1.807) is 31.8 Å². The van der Waals surface area contributed by atoms with E-state index in [-0.39, 0.29) is 17.9 Å². The van der Waals surface area contributed by atoms with Crippen LogP contribution in [0.1, 0.15) is 27.2 Å². The van der Waals surface area contributed by atoms with E-state index in [1.807, 2.05) is 24.3 Å². The van der Waals surface area contributed by atoms with Crippen molar-refractivity contribution < 1.29 is 19.4 Å². The zero-order valence-corrected chi connectivity index (χ0v) is 13.4. The van der Waals surface area contributed by atoms with Crippen molar-refractivity contribution in [3.05, 3.63) is 52.8 Å². The van der Waals surface area contributed by atoms with Crippen LogP contribution in [0.5, 0.6) is 5.75 Å². The molecule has 1 aromatic carbocycles. The van der Waals surface area contributed by atoms with Crippen LogP contribution in [0.25, 0.3) is 0 Å². The molecule has 0 aliphatic heterocycles. The summed E-state index contributed by atoms with van der Waals surface area (Å²) in [4.78, 5) is 23.4. The van der Waals surface area contributed by atoms with Crippen LogP contribution in [-0.4, -0.2) is 28.7 Å². The van der Waals surface area contributed by atoms with Crippen molar-refractivity contribution in [1.82, 2.24) is 9.88 Å². The van der Waals surface area contributed by atoms with Gasteiger partial charge in [-0.15, -0.1) is 0 Å². The third kappa shape index (κ3) is 3.91. The predicted octanol–water partition coefficient (Wildman–Crippen LogP) is 1.90. The molecule has 0 aliphatic rings. The van der Waals surface area contributed by atoms with Crippen LogP contribution in [0.15, 0.2) is 30.5 Å². The van der Waals surface area contributed by atoms with Gasteiger partial charge in [0.2, 0.25) is 5.91 Å². The minimum Gasteiger partial charge on any atom is -0.497 e. The van der Waals surface area contributed by atoms with Gasteiger partial charge in [-0.05, 0) is 30.2 Å². The van der Waals surface area contributed by atoms with Gasteiger partial charge in [-0.3, -0.25) is 4.79 Å². The van der Waals surface area contributed by atoms with Crippen LogP contribution in [0, 0.1) is 6.92 Å². The van der Waals surface area contributed by atoms with E-state index in [0.29, 0.717) is 17.8 Å². The highest BCUT2D eigenvalue weighted by Crippen LogP contribution is 2.17. The number of amides is 1. The number of aromatic nitrogens is 1. The highest BCUT2D eigenvalue weighted by atomic mass is 16.5. The van der Waals surface area contributed by atoms with Crippen LogP contribution in [0.3, 0.4) is 0 Å². The van der Waals surface area contributed by atoms with E-state index >= 15 is 0 Å². The zero-order valence-electron chi connectivity index (χ0n) is 13.4. The fourth-order valence-electron chi connectivity index (χ4n) is 2.50. The van der Waals surface area contributed by atoms with Gasteiger partial charge in [0.25, 0.3) is 0 Å². The molecule has 6 nitrogen and oxygen atoms in total. The molecule has 0 saturated heterocycles. The summed E-state index contributed by atoms with van der Waals surface area (Å²) >= 11 is 0. The minimum atomic E-state index is -1.01. The van der Waals surface area contributed by atoms with Crippen molar-refractivity contribution in [2.75, 3.05) is 7.11 Å². The van der Waals surface area contributed by atoms with Gasteiger partial charge in [0, 0.05) is 25.5 Å². The quantitative estimate of drug-likeness (QED) is 0.853. The molecule has 0 bridgehead atoms. The lowest BCUT2D eigenvalue weighted by molar-refractivity contribution is -0.120. The lowest BCUT2D eigenvalue weighted by Gasteiger charge is -2.08. The Morgan fingerprint density at radius 1 is 1.26 bits per heavy atom. The molecule has 0 radical (unpaired) electrons. The number of hydrogen-bond acceptors (Lipinski definition) is 3. The van der Waals surface area contributed by atoms with Gasteiger partial charge < -0.3 is 19.7 Å².